The fourth-order valence-electron chi connectivity index (χ4n) is 2.13. The highest BCUT2D eigenvalue weighted by atomic mass is 79.9. The molecular formula is C20H21BrClN3O4S. The molecule has 7 nitrogen and oxygen atoms in total. The number of hydrogen-bond acceptors (Lipinski definition) is 5. The Balaban J connectivity index is 1.86. The molecule has 0 atom stereocenters. The third-order valence-corrected chi connectivity index (χ3v) is 4.51. The van der Waals surface area contributed by atoms with E-state index >= 15 is 0 Å². The highest BCUT2D eigenvalue weighted by Gasteiger charge is 2.15. The fraction of sp³-hybridized carbons (Fsp3) is 0.250. The van der Waals surface area contributed by atoms with Crippen LogP contribution in [0.25, 0.3) is 0 Å². The van der Waals surface area contributed by atoms with Crippen LogP contribution in [0.3, 0.4) is 0 Å². The van der Waals surface area contributed by atoms with Crippen molar-refractivity contribution in [3.63, 3.8) is 0 Å². The molecule has 0 radical (unpaired) electrons. The van der Waals surface area contributed by atoms with Crippen molar-refractivity contribution in [1.29, 1.82) is 0 Å². The minimum Gasteiger partial charge on any atom is -0.492 e. The number of carbonyl (C=O) groups is 2. The van der Waals surface area contributed by atoms with Gasteiger partial charge in [-0.3, -0.25) is 25.8 Å². The summed E-state index contributed by atoms with van der Waals surface area (Å²) in [6.45, 7) is 4.20. The molecule has 10 heteroatoms. The van der Waals surface area contributed by atoms with Crippen molar-refractivity contribution in [3.05, 3.63) is 57.5 Å². The Labute approximate surface area is 193 Å². The van der Waals surface area contributed by atoms with Crippen LogP contribution in [0.2, 0.25) is 5.02 Å². The quantitative estimate of drug-likeness (QED) is 0.384. The molecule has 2 rings (SSSR count). The zero-order valence-corrected chi connectivity index (χ0v) is 19.5. The second-order valence-corrected chi connectivity index (χ2v) is 8.25. The van der Waals surface area contributed by atoms with Crippen molar-refractivity contribution < 1.29 is 19.1 Å². The summed E-state index contributed by atoms with van der Waals surface area (Å²) < 4.78 is 11.7. The van der Waals surface area contributed by atoms with E-state index in [0.29, 0.717) is 39.1 Å². The maximum atomic E-state index is 12.6. The summed E-state index contributed by atoms with van der Waals surface area (Å²) in [4.78, 5) is 24.5. The molecule has 0 saturated carbocycles. The van der Waals surface area contributed by atoms with Crippen molar-refractivity contribution in [2.24, 2.45) is 5.92 Å². The minimum absolute atomic E-state index is 0.0825. The average Bonchev–Trinajstić information content (AvgIpc) is 2.70. The number of para-hydroxylation sites is 1. The van der Waals surface area contributed by atoms with Gasteiger partial charge in [-0.1, -0.05) is 53.5 Å². The Hall–Kier alpha value is -2.36. The molecule has 0 bridgehead atoms. The van der Waals surface area contributed by atoms with Gasteiger partial charge in [0.05, 0.1) is 17.2 Å². The number of carbonyl (C=O) groups excluding carboxylic acids is 2. The lowest BCUT2D eigenvalue weighted by Gasteiger charge is -2.15. The monoisotopic (exact) mass is 513 g/mol. The zero-order chi connectivity index (χ0) is 22.1. The van der Waals surface area contributed by atoms with E-state index in [1.54, 1.807) is 42.5 Å². The molecule has 0 aliphatic carbocycles. The molecule has 30 heavy (non-hydrogen) atoms. The van der Waals surface area contributed by atoms with Gasteiger partial charge >= 0.3 is 0 Å². The number of halogens is 2. The third-order valence-electron chi connectivity index (χ3n) is 3.50. The first kappa shape index (κ1) is 23.9. The third kappa shape index (κ3) is 7.81. The second kappa shape index (κ2) is 11.7. The van der Waals surface area contributed by atoms with Gasteiger partial charge in [0.15, 0.2) is 11.7 Å². The van der Waals surface area contributed by atoms with Gasteiger partial charge in [0.25, 0.3) is 11.8 Å². The van der Waals surface area contributed by atoms with Crippen molar-refractivity contribution in [2.75, 3.05) is 13.2 Å². The van der Waals surface area contributed by atoms with Crippen molar-refractivity contribution in [1.82, 2.24) is 16.2 Å². The van der Waals surface area contributed by atoms with Gasteiger partial charge in [-0.05, 0) is 48.5 Å². The minimum atomic E-state index is -0.505. The van der Waals surface area contributed by atoms with Crippen LogP contribution in [-0.4, -0.2) is 30.1 Å². The molecule has 2 aromatic rings. The topological polar surface area (TPSA) is 88.7 Å². The zero-order valence-electron chi connectivity index (χ0n) is 16.3. The van der Waals surface area contributed by atoms with Gasteiger partial charge in [-0.15, -0.1) is 0 Å². The molecule has 0 aliphatic heterocycles. The number of hydrogen-bond donors (Lipinski definition) is 3. The highest BCUT2D eigenvalue weighted by Crippen LogP contribution is 2.24. The molecule has 0 aliphatic rings. The van der Waals surface area contributed by atoms with Crippen LogP contribution >= 0.6 is 39.7 Å². The number of hydrazine groups is 1. The van der Waals surface area contributed by atoms with Crippen LogP contribution in [0, 0.1) is 5.92 Å². The van der Waals surface area contributed by atoms with Gasteiger partial charge in [0, 0.05) is 4.47 Å². The van der Waals surface area contributed by atoms with Crippen molar-refractivity contribution in [2.45, 2.75) is 13.8 Å². The maximum Gasteiger partial charge on any atom is 0.276 e. The summed E-state index contributed by atoms with van der Waals surface area (Å²) in [5.41, 5.74) is 5.10. The average molecular weight is 515 g/mol. The summed E-state index contributed by atoms with van der Waals surface area (Å²) in [6, 6.07) is 11.9. The van der Waals surface area contributed by atoms with E-state index in [0.717, 1.165) is 0 Å². The summed E-state index contributed by atoms with van der Waals surface area (Å²) in [7, 11) is 0. The summed E-state index contributed by atoms with van der Waals surface area (Å²) in [5, 5.41) is 2.81. The van der Waals surface area contributed by atoms with Crippen LogP contribution in [-0.2, 0) is 4.79 Å². The molecule has 160 valence electrons. The smallest absolute Gasteiger partial charge is 0.276 e. The van der Waals surface area contributed by atoms with Gasteiger partial charge in [-0.25, -0.2) is 0 Å². The predicted molar refractivity (Wildman–Crippen MR) is 123 cm³/mol. The normalized spacial score (nSPS) is 10.3. The second-order valence-electron chi connectivity index (χ2n) is 6.52. The molecule has 2 aromatic carbocycles. The number of nitrogens with one attached hydrogen (secondary N) is 3. The molecule has 0 spiro atoms. The Morgan fingerprint density at radius 3 is 2.53 bits per heavy atom. The first-order valence-corrected chi connectivity index (χ1v) is 10.5. The SMILES string of the molecule is CC(C)COc1ccc(Br)cc1C(=O)NC(=S)NNC(=O)COc1ccccc1Cl. The van der Waals surface area contributed by atoms with E-state index in [9.17, 15) is 9.59 Å². The van der Waals surface area contributed by atoms with Crippen molar-refractivity contribution >= 4 is 56.7 Å². The first-order chi connectivity index (χ1) is 14.3. The standard InChI is InChI=1S/C20H21BrClN3O4S/c1-12(2)10-28-16-8-7-13(21)9-14(16)19(27)23-20(30)25-24-18(26)11-29-17-6-4-3-5-15(17)22/h3-9,12H,10-11H2,1-2H3,(H,24,26)(H2,23,25,27,30). The van der Waals surface area contributed by atoms with Crippen LogP contribution < -0.4 is 25.6 Å². The highest BCUT2D eigenvalue weighted by molar-refractivity contribution is 9.10. The summed E-state index contributed by atoms with van der Waals surface area (Å²) >= 11 is 14.4. The van der Waals surface area contributed by atoms with Gasteiger partial charge < -0.3 is 9.47 Å². The summed E-state index contributed by atoms with van der Waals surface area (Å²) in [6.07, 6.45) is 0. The van der Waals surface area contributed by atoms with E-state index in [4.69, 9.17) is 33.3 Å². The number of benzene rings is 2. The number of rotatable bonds is 7. The Morgan fingerprint density at radius 1 is 1.10 bits per heavy atom. The fourth-order valence-corrected chi connectivity index (χ4v) is 2.83. The van der Waals surface area contributed by atoms with Crippen molar-refractivity contribution in [3.8, 4) is 11.5 Å². The lowest BCUT2D eigenvalue weighted by molar-refractivity contribution is -0.123. The summed E-state index contributed by atoms with van der Waals surface area (Å²) in [5.74, 6) is 0.137. The van der Waals surface area contributed by atoms with E-state index in [1.165, 1.54) is 0 Å². The molecule has 0 saturated heterocycles. The van der Waals surface area contributed by atoms with Crippen LogP contribution in [0.4, 0.5) is 0 Å². The van der Waals surface area contributed by atoms with Crippen LogP contribution in [0.1, 0.15) is 24.2 Å². The molecule has 0 aromatic heterocycles. The molecule has 3 N–H and O–H groups in total. The first-order valence-electron chi connectivity index (χ1n) is 8.96. The van der Waals surface area contributed by atoms with E-state index < -0.39 is 11.8 Å². The molecule has 2 amide bonds. The Bertz CT molecular complexity index is 927. The number of ether oxygens (including phenoxy) is 2. The van der Waals surface area contributed by atoms with Gasteiger partial charge in [0.2, 0.25) is 0 Å². The van der Waals surface area contributed by atoms with E-state index in [-0.39, 0.29) is 11.7 Å². The van der Waals surface area contributed by atoms with Crippen LogP contribution in [0.15, 0.2) is 46.9 Å². The lowest BCUT2D eigenvalue weighted by atomic mass is 10.2. The molecular weight excluding hydrogens is 494 g/mol. The lowest BCUT2D eigenvalue weighted by Crippen LogP contribution is -2.49. The van der Waals surface area contributed by atoms with Gasteiger partial charge in [0.1, 0.15) is 11.5 Å². The van der Waals surface area contributed by atoms with Gasteiger partial charge in [-0.2, -0.15) is 0 Å². The maximum absolute atomic E-state index is 12.6. The van der Waals surface area contributed by atoms with Crippen LogP contribution in [0.5, 0.6) is 11.5 Å². The largest absolute Gasteiger partial charge is 0.492 e. The molecule has 0 fully saturated rings. The molecule has 0 unspecified atom stereocenters. The number of amides is 2. The van der Waals surface area contributed by atoms with E-state index in [2.05, 4.69) is 32.1 Å². The predicted octanol–water partition coefficient (Wildman–Crippen LogP) is 3.85. The van der Waals surface area contributed by atoms with E-state index in [1.807, 2.05) is 13.8 Å². The Morgan fingerprint density at radius 2 is 1.83 bits per heavy atom. The molecule has 0 heterocycles. The Kier molecular flexibility index (Phi) is 9.35. The number of thiocarbonyl (C=S) groups is 1.